The van der Waals surface area contributed by atoms with E-state index in [2.05, 4.69) is 5.32 Å². The zero-order chi connectivity index (χ0) is 11.0. The highest BCUT2D eigenvalue weighted by Gasteiger charge is 2.27. The first-order chi connectivity index (χ1) is 7.11. The largest absolute Gasteiger partial charge is 0.359 e. The van der Waals surface area contributed by atoms with Crippen LogP contribution in [0.1, 0.15) is 11.1 Å². The number of carbonyl (C=O) groups is 1. The number of hydrogen-bond donors (Lipinski definition) is 1. The van der Waals surface area contributed by atoms with Crippen LogP contribution in [0.15, 0.2) is 12.1 Å². The lowest BCUT2D eigenvalue weighted by atomic mass is 10.1. The smallest absolute Gasteiger partial charge is 0.223 e. The SMILES string of the molecule is CNC(=O)C1Cc2cc(F)c(F)cc2C1. The Bertz CT molecular complexity index is 386. The van der Waals surface area contributed by atoms with Gasteiger partial charge in [-0.2, -0.15) is 0 Å². The third-order valence-electron chi connectivity index (χ3n) is 2.79. The van der Waals surface area contributed by atoms with Crippen LogP contribution in [0, 0.1) is 17.6 Å². The number of amides is 1. The predicted octanol–water partition coefficient (Wildman–Crippen LogP) is 1.43. The Morgan fingerprint density at radius 3 is 2.13 bits per heavy atom. The molecule has 4 heteroatoms. The van der Waals surface area contributed by atoms with Crippen LogP contribution in [0.25, 0.3) is 0 Å². The van der Waals surface area contributed by atoms with Gasteiger partial charge in [0.25, 0.3) is 0 Å². The molecule has 2 rings (SSSR count). The summed E-state index contributed by atoms with van der Waals surface area (Å²) < 4.78 is 25.8. The molecular weight excluding hydrogens is 200 g/mol. The maximum Gasteiger partial charge on any atom is 0.223 e. The highest BCUT2D eigenvalue weighted by molar-refractivity contribution is 5.79. The molecule has 1 N–H and O–H groups in total. The van der Waals surface area contributed by atoms with Gasteiger partial charge >= 0.3 is 0 Å². The molecule has 0 aliphatic heterocycles. The Hall–Kier alpha value is -1.45. The molecule has 15 heavy (non-hydrogen) atoms. The van der Waals surface area contributed by atoms with Crippen LogP contribution in [0.2, 0.25) is 0 Å². The molecule has 0 heterocycles. The van der Waals surface area contributed by atoms with Crippen molar-refractivity contribution in [2.75, 3.05) is 7.05 Å². The van der Waals surface area contributed by atoms with Gasteiger partial charge in [0.15, 0.2) is 11.6 Å². The van der Waals surface area contributed by atoms with Gasteiger partial charge in [-0.15, -0.1) is 0 Å². The molecule has 1 aromatic carbocycles. The first-order valence-electron chi connectivity index (χ1n) is 4.80. The molecule has 0 atom stereocenters. The molecule has 0 saturated heterocycles. The molecule has 1 aromatic rings. The Kier molecular flexibility index (Phi) is 2.42. The van der Waals surface area contributed by atoms with Gasteiger partial charge in [-0.05, 0) is 36.1 Å². The summed E-state index contributed by atoms with van der Waals surface area (Å²) >= 11 is 0. The minimum Gasteiger partial charge on any atom is -0.359 e. The standard InChI is InChI=1S/C11H11F2NO/c1-14-11(15)8-2-6-4-9(12)10(13)5-7(6)3-8/h4-5,8H,2-3H2,1H3,(H,14,15). The van der Waals surface area contributed by atoms with Gasteiger partial charge in [0.05, 0.1) is 0 Å². The van der Waals surface area contributed by atoms with Crippen molar-refractivity contribution in [2.24, 2.45) is 5.92 Å². The van der Waals surface area contributed by atoms with Crippen molar-refractivity contribution in [3.8, 4) is 0 Å². The van der Waals surface area contributed by atoms with Crippen LogP contribution in [0.3, 0.4) is 0 Å². The maximum atomic E-state index is 12.9. The number of carbonyl (C=O) groups excluding carboxylic acids is 1. The van der Waals surface area contributed by atoms with Gasteiger partial charge in [0.2, 0.25) is 5.91 Å². The summed E-state index contributed by atoms with van der Waals surface area (Å²) in [7, 11) is 1.56. The van der Waals surface area contributed by atoms with Gasteiger partial charge in [0, 0.05) is 13.0 Å². The lowest BCUT2D eigenvalue weighted by molar-refractivity contribution is -0.124. The Morgan fingerprint density at radius 1 is 1.27 bits per heavy atom. The van der Waals surface area contributed by atoms with E-state index in [1.165, 1.54) is 12.1 Å². The molecule has 0 bridgehead atoms. The van der Waals surface area contributed by atoms with Crippen LogP contribution < -0.4 is 5.32 Å². The van der Waals surface area contributed by atoms with Crippen LogP contribution in [-0.2, 0) is 17.6 Å². The van der Waals surface area contributed by atoms with Crippen molar-refractivity contribution in [3.05, 3.63) is 34.9 Å². The number of hydrogen-bond acceptors (Lipinski definition) is 1. The fraction of sp³-hybridized carbons (Fsp3) is 0.364. The molecule has 1 aliphatic rings. The lowest BCUT2D eigenvalue weighted by Gasteiger charge is -2.05. The van der Waals surface area contributed by atoms with E-state index < -0.39 is 11.6 Å². The van der Waals surface area contributed by atoms with Gasteiger partial charge in [-0.1, -0.05) is 0 Å². The summed E-state index contributed by atoms with van der Waals surface area (Å²) in [6.45, 7) is 0. The van der Waals surface area contributed by atoms with E-state index in [1.54, 1.807) is 7.05 Å². The maximum absolute atomic E-state index is 12.9. The quantitative estimate of drug-likeness (QED) is 0.748. The third kappa shape index (κ3) is 1.71. The fourth-order valence-corrected chi connectivity index (χ4v) is 2.00. The van der Waals surface area contributed by atoms with E-state index in [0.717, 1.165) is 11.1 Å². The molecule has 0 fully saturated rings. The second-order valence-electron chi connectivity index (χ2n) is 3.75. The molecule has 0 spiro atoms. The number of fused-ring (bicyclic) bond motifs is 1. The Balaban J connectivity index is 2.27. The van der Waals surface area contributed by atoms with Gasteiger partial charge < -0.3 is 5.32 Å². The van der Waals surface area contributed by atoms with Crippen LogP contribution in [0.5, 0.6) is 0 Å². The second kappa shape index (κ2) is 3.61. The van der Waals surface area contributed by atoms with Crippen molar-refractivity contribution >= 4 is 5.91 Å². The molecule has 2 nitrogen and oxygen atoms in total. The van der Waals surface area contributed by atoms with Gasteiger partial charge in [-0.25, -0.2) is 8.78 Å². The molecule has 0 saturated carbocycles. The van der Waals surface area contributed by atoms with Crippen molar-refractivity contribution < 1.29 is 13.6 Å². The number of nitrogens with one attached hydrogen (secondary N) is 1. The van der Waals surface area contributed by atoms with Crippen LogP contribution in [-0.4, -0.2) is 13.0 Å². The van der Waals surface area contributed by atoms with Gasteiger partial charge in [0.1, 0.15) is 0 Å². The molecule has 0 aromatic heterocycles. The molecular formula is C11H11F2NO. The third-order valence-corrected chi connectivity index (χ3v) is 2.79. The lowest BCUT2D eigenvalue weighted by Crippen LogP contribution is -2.27. The van der Waals surface area contributed by atoms with Gasteiger partial charge in [-0.3, -0.25) is 4.79 Å². The number of benzene rings is 1. The summed E-state index contributed by atoms with van der Waals surface area (Å²) in [6, 6.07) is 2.38. The summed E-state index contributed by atoms with van der Waals surface area (Å²) in [5.74, 6) is -1.95. The molecule has 1 aliphatic carbocycles. The van der Waals surface area contributed by atoms with E-state index in [1.807, 2.05) is 0 Å². The van der Waals surface area contributed by atoms with Crippen molar-refractivity contribution in [3.63, 3.8) is 0 Å². The van der Waals surface area contributed by atoms with Crippen LogP contribution in [0.4, 0.5) is 8.78 Å². The van der Waals surface area contributed by atoms with E-state index >= 15 is 0 Å². The van der Waals surface area contributed by atoms with Crippen LogP contribution >= 0.6 is 0 Å². The molecule has 80 valence electrons. The number of halogens is 2. The topological polar surface area (TPSA) is 29.1 Å². The fourth-order valence-electron chi connectivity index (χ4n) is 2.00. The average Bonchev–Trinajstić information content (AvgIpc) is 2.60. The average molecular weight is 211 g/mol. The van der Waals surface area contributed by atoms with E-state index in [0.29, 0.717) is 12.8 Å². The summed E-state index contributed by atoms with van der Waals surface area (Å²) in [5.41, 5.74) is 1.48. The predicted molar refractivity (Wildman–Crippen MR) is 51.3 cm³/mol. The summed E-state index contributed by atoms with van der Waals surface area (Å²) in [5, 5.41) is 2.54. The summed E-state index contributed by atoms with van der Waals surface area (Å²) in [6.07, 6.45) is 0.985. The molecule has 0 radical (unpaired) electrons. The summed E-state index contributed by atoms with van der Waals surface area (Å²) in [4.78, 5) is 11.4. The second-order valence-corrected chi connectivity index (χ2v) is 3.75. The Morgan fingerprint density at radius 2 is 1.73 bits per heavy atom. The normalized spacial score (nSPS) is 15.1. The van der Waals surface area contributed by atoms with E-state index in [-0.39, 0.29) is 11.8 Å². The minimum absolute atomic E-state index is 0.0768. The molecule has 0 unspecified atom stereocenters. The zero-order valence-electron chi connectivity index (χ0n) is 8.31. The first kappa shape index (κ1) is 10.1. The van der Waals surface area contributed by atoms with Crippen molar-refractivity contribution in [2.45, 2.75) is 12.8 Å². The monoisotopic (exact) mass is 211 g/mol. The molecule has 1 amide bonds. The first-order valence-corrected chi connectivity index (χ1v) is 4.80. The highest BCUT2D eigenvalue weighted by Crippen LogP contribution is 2.28. The van der Waals surface area contributed by atoms with E-state index in [9.17, 15) is 13.6 Å². The van der Waals surface area contributed by atoms with Crippen molar-refractivity contribution in [1.29, 1.82) is 0 Å². The minimum atomic E-state index is -0.841. The number of rotatable bonds is 1. The van der Waals surface area contributed by atoms with E-state index in [4.69, 9.17) is 0 Å². The zero-order valence-corrected chi connectivity index (χ0v) is 8.31. The highest BCUT2D eigenvalue weighted by atomic mass is 19.2. The van der Waals surface area contributed by atoms with Crippen molar-refractivity contribution in [1.82, 2.24) is 5.32 Å². The Labute approximate surface area is 86.3 Å².